The topological polar surface area (TPSA) is 25.8 Å². The zero-order chi connectivity index (χ0) is 13.2. The van der Waals surface area contributed by atoms with Crippen LogP contribution in [-0.4, -0.2) is 15.7 Å². The number of hydrogen-bond acceptors (Lipinski definition) is 4. The van der Waals surface area contributed by atoms with Crippen molar-refractivity contribution in [2.45, 2.75) is 18.7 Å². The van der Waals surface area contributed by atoms with Gasteiger partial charge in [-0.15, -0.1) is 23.1 Å². The van der Waals surface area contributed by atoms with Crippen molar-refractivity contribution in [3.8, 4) is 10.6 Å². The van der Waals surface area contributed by atoms with Gasteiger partial charge in [0.15, 0.2) is 0 Å². The average molecular weight is 286 g/mol. The molecule has 1 aromatic carbocycles. The molecular weight excluding hydrogens is 272 g/mol. The van der Waals surface area contributed by atoms with E-state index in [0.29, 0.717) is 0 Å². The third-order valence-electron chi connectivity index (χ3n) is 2.86. The lowest BCUT2D eigenvalue weighted by Crippen LogP contribution is -1.83. The van der Waals surface area contributed by atoms with E-state index in [9.17, 15) is 0 Å². The molecule has 3 aromatic rings. The minimum absolute atomic E-state index is 1.04. The molecule has 0 aliphatic rings. The van der Waals surface area contributed by atoms with E-state index in [1.165, 1.54) is 20.7 Å². The summed E-state index contributed by atoms with van der Waals surface area (Å²) < 4.78 is 1.24. The van der Waals surface area contributed by atoms with Gasteiger partial charge in [-0.2, -0.15) is 0 Å². The van der Waals surface area contributed by atoms with Crippen LogP contribution in [0.5, 0.6) is 0 Å². The number of thioether (sulfide) groups is 1. The molecule has 0 radical (unpaired) electrons. The first-order valence-corrected chi connectivity index (χ1v) is 8.02. The molecule has 0 amide bonds. The van der Waals surface area contributed by atoms with Crippen LogP contribution in [0.2, 0.25) is 0 Å². The summed E-state index contributed by atoms with van der Waals surface area (Å²) in [6.45, 7) is 4.26. The van der Waals surface area contributed by atoms with E-state index in [1.54, 1.807) is 11.3 Å². The summed E-state index contributed by atoms with van der Waals surface area (Å²) in [7, 11) is 0. The summed E-state index contributed by atoms with van der Waals surface area (Å²) in [5.74, 6) is 1.04. The van der Waals surface area contributed by atoms with E-state index in [-0.39, 0.29) is 0 Å². The molecule has 0 atom stereocenters. The molecule has 2 aromatic heterocycles. The first kappa shape index (κ1) is 12.6. The molecule has 3 rings (SSSR count). The van der Waals surface area contributed by atoms with E-state index in [1.807, 2.05) is 24.2 Å². The number of nitrogens with zero attached hydrogens (tertiary/aromatic N) is 2. The van der Waals surface area contributed by atoms with Gasteiger partial charge in [-0.05, 0) is 36.4 Å². The number of aromatic nitrogens is 2. The highest BCUT2D eigenvalue weighted by Gasteiger charge is 2.10. The number of thiazole rings is 1. The van der Waals surface area contributed by atoms with E-state index < -0.39 is 0 Å². The number of benzene rings is 1. The minimum atomic E-state index is 1.04. The van der Waals surface area contributed by atoms with Crippen LogP contribution < -0.4 is 0 Å². The standard InChI is InChI=1S/C15H14N2S2/c1-3-18-14-9-16-7-6-11(14)15-17-12-8-10(2)4-5-13(12)19-15/h4-9H,3H2,1-2H3. The Balaban J connectivity index is 2.13. The molecule has 0 N–H and O–H groups in total. The van der Waals surface area contributed by atoms with Crippen LogP contribution in [-0.2, 0) is 0 Å². The normalized spacial score (nSPS) is 11.1. The molecule has 0 spiro atoms. The molecule has 0 saturated carbocycles. The van der Waals surface area contributed by atoms with Crippen molar-refractivity contribution in [2.75, 3.05) is 5.75 Å². The van der Waals surface area contributed by atoms with Gasteiger partial charge in [0.1, 0.15) is 5.01 Å². The highest BCUT2D eigenvalue weighted by atomic mass is 32.2. The number of pyridine rings is 1. The second-order valence-corrected chi connectivity index (χ2v) is 6.63. The third-order valence-corrected chi connectivity index (χ3v) is 4.85. The Morgan fingerprint density at radius 3 is 3.00 bits per heavy atom. The zero-order valence-electron chi connectivity index (χ0n) is 10.9. The van der Waals surface area contributed by atoms with E-state index in [2.05, 4.69) is 43.1 Å². The van der Waals surface area contributed by atoms with Gasteiger partial charge in [-0.3, -0.25) is 4.98 Å². The Hall–Kier alpha value is -1.39. The highest BCUT2D eigenvalue weighted by molar-refractivity contribution is 7.99. The Morgan fingerprint density at radius 1 is 1.26 bits per heavy atom. The highest BCUT2D eigenvalue weighted by Crippen LogP contribution is 2.35. The fraction of sp³-hybridized carbons (Fsp3) is 0.200. The molecule has 0 aliphatic heterocycles. The van der Waals surface area contributed by atoms with Gasteiger partial charge in [-0.1, -0.05) is 13.0 Å². The molecule has 0 aliphatic carbocycles. The molecule has 19 heavy (non-hydrogen) atoms. The number of hydrogen-bond donors (Lipinski definition) is 0. The van der Waals surface area contributed by atoms with Crippen molar-refractivity contribution in [1.29, 1.82) is 0 Å². The van der Waals surface area contributed by atoms with Crippen LogP contribution in [0.4, 0.5) is 0 Å². The Morgan fingerprint density at radius 2 is 2.16 bits per heavy atom. The second kappa shape index (κ2) is 5.31. The smallest absolute Gasteiger partial charge is 0.125 e. The SMILES string of the molecule is CCSc1cnccc1-c1nc2cc(C)ccc2s1. The summed E-state index contributed by atoms with van der Waals surface area (Å²) in [6.07, 6.45) is 3.77. The van der Waals surface area contributed by atoms with Gasteiger partial charge in [0.05, 0.1) is 10.2 Å². The van der Waals surface area contributed by atoms with E-state index in [4.69, 9.17) is 4.98 Å². The third kappa shape index (κ3) is 2.51. The maximum absolute atomic E-state index is 4.76. The minimum Gasteiger partial charge on any atom is -0.264 e. The van der Waals surface area contributed by atoms with Crippen molar-refractivity contribution in [1.82, 2.24) is 9.97 Å². The summed E-state index contributed by atoms with van der Waals surface area (Å²) >= 11 is 3.56. The molecule has 2 nitrogen and oxygen atoms in total. The molecular formula is C15H14N2S2. The largest absolute Gasteiger partial charge is 0.264 e. The van der Waals surface area contributed by atoms with Gasteiger partial charge in [0, 0.05) is 22.9 Å². The maximum atomic E-state index is 4.76. The Bertz CT molecular complexity index is 719. The number of rotatable bonds is 3. The van der Waals surface area contributed by atoms with Gasteiger partial charge in [0.25, 0.3) is 0 Å². The molecule has 0 fully saturated rings. The van der Waals surface area contributed by atoms with Crippen LogP contribution in [0.25, 0.3) is 20.8 Å². The fourth-order valence-corrected chi connectivity index (χ4v) is 3.80. The quantitative estimate of drug-likeness (QED) is 0.648. The first-order valence-electron chi connectivity index (χ1n) is 6.22. The lowest BCUT2D eigenvalue weighted by Gasteiger charge is -2.03. The predicted octanol–water partition coefficient (Wildman–Crippen LogP) is 4.78. The van der Waals surface area contributed by atoms with Crippen molar-refractivity contribution in [3.63, 3.8) is 0 Å². The van der Waals surface area contributed by atoms with Crippen LogP contribution in [0.1, 0.15) is 12.5 Å². The average Bonchev–Trinajstić information content (AvgIpc) is 2.82. The number of aryl methyl sites for hydroxylation is 1. The fourth-order valence-electron chi connectivity index (χ4n) is 1.98. The van der Waals surface area contributed by atoms with Crippen LogP contribution >= 0.6 is 23.1 Å². The summed E-state index contributed by atoms with van der Waals surface area (Å²) in [5, 5.41) is 1.08. The second-order valence-electron chi connectivity index (χ2n) is 4.30. The Labute approximate surface area is 120 Å². The molecule has 96 valence electrons. The molecule has 4 heteroatoms. The van der Waals surface area contributed by atoms with Gasteiger partial charge < -0.3 is 0 Å². The summed E-state index contributed by atoms with van der Waals surface area (Å²) in [4.78, 5) is 10.2. The molecule has 0 unspecified atom stereocenters. The first-order chi connectivity index (χ1) is 9.28. The molecule has 2 heterocycles. The lowest BCUT2D eigenvalue weighted by molar-refractivity contribution is 1.23. The summed E-state index contributed by atoms with van der Waals surface area (Å²) in [5.41, 5.74) is 3.53. The van der Waals surface area contributed by atoms with Crippen LogP contribution in [0.15, 0.2) is 41.6 Å². The molecule has 0 bridgehead atoms. The number of fused-ring (bicyclic) bond motifs is 1. The van der Waals surface area contributed by atoms with Gasteiger partial charge in [0.2, 0.25) is 0 Å². The van der Waals surface area contributed by atoms with Crippen LogP contribution in [0, 0.1) is 6.92 Å². The van der Waals surface area contributed by atoms with Gasteiger partial charge >= 0.3 is 0 Å². The van der Waals surface area contributed by atoms with Crippen LogP contribution in [0.3, 0.4) is 0 Å². The van der Waals surface area contributed by atoms with Gasteiger partial charge in [-0.25, -0.2) is 4.98 Å². The van der Waals surface area contributed by atoms with Crippen molar-refractivity contribution in [3.05, 3.63) is 42.2 Å². The van der Waals surface area contributed by atoms with Crippen molar-refractivity contribution >= 4 is 33.3 Å². The Kier molecular flexibility index (Phi) is 3.53. The van der Waals surface area contributed by atoms with E-state index in [0.717, 1.165) is 16.3 Å². The zero-order valence-corrected chi connectivity index (χ0v) is 12.5. The maximum Gasteiger partial charge on any atom is 0.125 e. The predicted molar refractivity (Wildman–Crippen MR) is 84.0 cm³/mol. The van der Waals surface area contributed by atoms with Crippen molar-refractivity contribution in [2.24, 2.45) is 0 Å². The van der Waals surface area contributed by atoms with Crippen molar-refractivity contribution < 1.29 is 0 Å². The summed E-state index contributed by atoms with van der Waals surface area (Å²) in [6, 6.07) is 8.49. The lowest BCUT2D eigenvalue weighted by atomic mass is 10.2. The monoisotopic (exact) mass is 286 g/mol. The molecule has 0 saturated heterocycles. The van der Waals surface area contributed by atoms with E-state index >= 15 is 0 Å².